The lowest BCUT2D eigenvalue weighted by molar-refractivity contribution is 0.0693. The first-order valence-corrected chi connectivity index (χ1v) is 5.67. The van der Waals surface area contributed by atoms with Crippen LogP contribution < -0.4 is 0 Å². The Kier molecular flexibility index (Phi) is 3.39. The molecule has 5 N–H and O–H groups in total. The van der Waals surface area contributed by atoms with Gasteiger partial charge in [0.2, 0.25) is 0 Å². The fourth-order valence-electron chi connectivity index (χ4n) is 1.83. The second kappa shape index (κ2) is 5.00. The number of benzene rings is 2. The summed E-state index contributed by atoms with van der Waals surface area (Å²) in [5, 5.41) is 46.6. The van der Waals surface area contributed by atoms with Crippen molar-refractivity contribution >= 4 is 5.97 Å². The maximum Gasteiger partial charge on any atom is 0.339 e. The molecule has 104 valence electrons. The van der Waals surface area contributed by atoms with Gasteiger partial charge in [0.15, 0.2) is 11.5 Å². The molecule has 0 aliphatic carbocycles. The quantitative estimate of drug-likeness (QED) is 0.545. The molecular formula is C14H12O6. The van der Waals surface area contributed by atoms with Gasteiger partial charge < -0.3 is 25.5 Å². The standard InChI is InChI=1S/C14H12O6/c15-10-2-1-7(4-13(10)18)3-8-5-9(14(19)20)12(17)6-11(8)16/h1-2,4-6,15-18H,3H2,(H,19,20). The lowest BCUT2D eigenvalue weighted by Crippen LogP contribution is -1.99. The summed E-state index contributed by atoms with van der Waals surface area (Å²) in [6, 6.07) is 6.25. The van der Waals surface area contributed by atoms with Gasteiger partial charge in [0.05, 0.1) is 0 Å². The molecule has 0 saturated carbocycles. The van der Waals surface area contributed by atoms with E-state index in [9.17, 15) is 25.2 Å². The number of phenols is 4. The third kappa shape index (κ3) is 2.59. The van der Waals surface area contributed by atoms with E-state index in [1.54, 1.807) is 0 Å². The fourth-order valence-corrected chi connectivity index (χ4v) is 1.83. The Morgan fingerprint density at radius 3 is 2.15 bits per heavy atom. The zero-order chi connectivity index (χ0) is 14.9. The molecule has 6 nitrogen and oxygen atoms in total. The van der Waals surface area contributed by atoms with E-state index in [1.807, 2.05) is 0 Å². The van der Waals surface area contributed by atoms with Gasteiger partial charge in [-0.05, 0) is 29.3 Å². The predicted molar refractivity (Wildman–Crippen MR) is 69.3 cm³/mol. The number of hydrogen-bond donors (Lipinski definition) is 5. The van der Waals surface area contributed by atoms with Crippen molar-refractivity contribution in [3.8, 4) is 23.0 Å². The van der Waals surface area contributed by atoms with E-state index < -0.39 is 11.7 Å². The predicted octanol–water partition coefficient (Wildman–Crippen LogP) is 1.80. The topological polar surface area (TPSA) is 118 Å². The molecule has 6 heteroatoms. The minimum atomic E-state index is -1.31. The first-order chi connectivity index (χ1) is 9.38. The third-order valence-corrected chi connectivity index (χ3v) is 2.86. The number of aromatic carboxylic acids is 1. The van der Waals surface area contributed by atoms with Crippen LogP contribution in [0.15, 0.2) is 30.3 Å². The first kappa shape index (κ1) is 13.5. The molecule has 0 aliphatic heterocycles. The van der Waals surface area contributed by atoms with Gasteiger partial charge in [0.1, 0.15) is 17.1 Å². The van der Waals surface area contributed by atoms with Crippen molar-refractivity contribution in [2.45, 2.75) is 6.42 Å². The normalized spacial score (nSPS) is 10.4. The Labute approximate surface area is 113 Å². The molecular weight excluding hydrogens is 264 g/mol. The van der Waals surface area contributed by atoms with Crippen molar-refractivity contribution < 1.29 is 30.3 Å². The molecule has 0 atom stereocenters. The number of rotatable bonds is 3. The molecule has 20 heavy (non-hydrogen) atoms. The lowest BCUT2D eigenvalue weighted by Gasteiger charge is -2.09. The second-order valence-corrected chi connectivity index (χ2v) is 4.30. The number of carboxylic acid groups (broad SMARTS) is 1. The van der Waals surface area contributed by atoms with E-state index >= 15 is 0 Å². The van der Waals surface area contributed by atoms with E-state index in [2.05, 4.69) is 0 Å². The van der Waals surface area contributed by atoms with Crippen LogP contribution in [0.4, 0.5) is 0 Å². The van der Waals surface area contributed by atoms with Gasteiger partial charge in [-0.15, -0.1) is 0 Å². The zero-order valence-corrected chi connectivity index (χ0v) is 10.2. The average Bonchev–Trinajstić information content (AvgIpc) is 2.36. The molecule has 0 aromatic heterocycles. The SMILES string of the molecule is O=C(O)c1cc(Cc2ccc(O)c(O)c2)c(O)cc1O. The van der Waals surface area contributed by atoms with Gasteiger partial charge in [-0.1, -0.05) is 6.07 Å². The number of phenolic OH excluding ortho intramolecular Hbond substituents is 3. The first-order valence-electron chi connectivity index (χ1n) is 5.67. The van der Waals surface area contributed by atoms with E-state index in [0.29, 0.717) is 5.56 Å². The van der Waals surface area contributed by atoms with Crippen molar-refractivity contribution in [2.75, 3.05) is 0 Å². The highest BCUT2D eigenvalue weighted by Gasteiger charge is 2.14. The molecule has 0 bridgehead atoms. The van der Waals surface area contributed by atoms with Crippen molar-refractivity contribution in [3.05, 3.63) is 47.0 Å². The highest BCUT2D eigenvalue weighted by atomic mass is 16.4. The molecule has 2 aromatic carbocycles. The average molecular weight is 276 g/mol. The minimum Gasteiger partial charge on any atom is -0.508 e. The Morgan fingerprint density at radius 1 is 0.850 bits per heavy atom. The van der Waals surface area contributed by atoms with Gasteiger partial charge in [-0.2, -0.15) is 0 Å². The van der Waals surface area contributed by atoms with Crippen molar-refractivity contribution in [3.63, 3.8) is 0 Å². The summed E-state index contributed by atoms with van der Waals surface area (Å²) in [5.74, 6) is -2.65. The maximum atomic E-state index is 10.9. The molecule has 0 amide bonds. The smallest absolute Gasteiger partial charge is 0.339 e. The van der Waals surface area contributed by atoms with Crippen LogP contribution in [0.25, 0.3) is 0 Å². The summed E-state index contributed by atoms with van der Waals surface area (Å²) in [7, 11) is 0. The largest absolute Gasteiger partial charge is 0.508 e. The maximum absolute atomic E-state index is 10.9. The van der Waals surface area contributed by atoms with Crippen LogP contribution in [-0.2, 0) is 6.42 Å². The molecule has 0 radical (unpaired) electrons. The highest BCUT2D eigenvalue weighted by molar-refractivity contribution is 5.91. The fraction of sp³-hybridized carbons (Fsp3) is 0.0714. The van der Waals surface area contributed by atoms with Crippen molar-refractivity contribution in [1.29, 1.82) is 0 Å². The molecule has 2 aromatic rings. The van der Waals surface area contributed by atoms with Crippen LogP contribution in [0.2, 0.25) is 0 Å². The summed E-state index contributed by atoms with van der Waals surface area (Å²) in [6.45, 7) is 0. The number of carbonyl (C=O) groups is 1. The van der Waals surface area contributed by atoms with Gasteiger partial charge in [-0.3, -0.25) is 0 Å². The van der Waals surface area contributed by atoms with E-state index in [1.165, 1.54) is 18.2 Å². The molecule has 2 rings (SSSR count). The molecule has 0 saturated heterocycles. The van der Waals surface area contributed by atoms with Gasteiger partial charge in [0.25, 0.3) is 0 Å². The van der Waals surface area contributed by atoms with Crippen LogP contribution in [-0.4, -0.2) is 31.5 Å². The molecule has 0 aliphatic rings. The lowest BCUT2D eigenvalue weighted by atomic mass is 10.0. The molecule has 0 spiro atoms. The van der Waals surface area contributed by atoms with Crippen molar-refractivity contribution in [2.24, 2.45) is 0 Å². The van der Waals surface area contributed by atoms with Gasteiger partial charge in [-0.25, -0.2) is 4.79 Å². The van der Waals surface area contributed by atoms with Gasteiger partial charge >= 0.3 is 5.97 Å². The van der Waals surface area contributed by atoms with Gasteiger partial charge in [0, 0.05) is 12.5 Å². The Balaban J connectivity index is 2.40. The molecule has 0 heterocycles. The highest BCUT2D eigenvalue weighted by Crippen LogP contribution is 2.31. The van der Waals surface area contributed by atoms with Crippen LogP contribution in [0.1, 0.15) is 21.5 Å². The monoisotopic (exact) mass is 276 g/mol. The van der Waals surface area contributed by atoms with E-state index in [4.69, 9.17) is 5.11 Å². The summed E-state index contributed by atoms with van der Waals surface area (Å²) in [6.07, 6.45) is 0.139. The summed E-state index contributed by atoms with van der Waals surface area (Å²) >= 11 is 0. The zero-order valence-electron chi connectivity index (χ0n) is 10.2. The number of carboxylic acids is 1. The summed E-state index contributed by atoms with van der Waals surface area (Å²) in [4.78, 5) is 10.9. The Bertz CT molecular complexity index is 678. The minimum absolute atomic E-state index is 0.139. The molecule has 0 unspecified atom stereocenters. The third-order valence-electron chi connectivity index (χ3n) is 2.86. The van der Waals surface area contributed by atoms with Crippen LogP contribution in [0.3, 0.4) is 0 Å². The summed E-state index contributed by atoms with van der Waals surface area (Å²) in [5.41, 5.74) is 0.531. The van der Waals surface area contributed by atoms with Crippen molar-refractivity contribution in [1.82, 2.24) is 0 Å². The second-order valence-electron chi connectivity index (χ2n) is 4.30. The number of aromatic hydroxyl groups is 4. The van der Waals surface area contributed by atoms with Crippen LogP contribution >= 0.6 is 0 Å². The molecule has 0 fully saturated rings. The van der Waals surface area contributed by atoms with E-state index in [0.717, 1.165) is 12.1 Å². The Morgan fingerprint density at radius 2 is 1.55 bits per heavy atom. The number of hydrogen-bond acceptors (Lipinski definition) is 5. The van der Waals surface area contributed by atoms with E-state index in [-0.39, 0.29) is 34.8 Å². The van der Waals surface area contributed by atoms with Crippen LogP contribution in [0, 0.1) is 0 Å². The summed E-state index contributed by atoms with van der Waals surface area (Å²) < 4.78 is 0. The van der Waals surface area contributed by atoms with Crippen LogP contribution in [0.5, 0.6) is 23.0 Å². The Hall–Kier alpha value is -2.89.